The van der Waals surface area contributed by atoms with Crippen LogP contribution < -0.4 is 4.74 Å². The fourth-order valence-corrected chi connectivity index (χ4v) is 2.96. The van der Waals surface area contributed by atoms with Gasteiger partial charge in [-0.15, -0.1) is 0 Å². The Kier molecular flexibility index (Phi) is 5.35. The SMILES string of the molecule is COCOc1ccccc1C1C(C(=O)O)=C(C)N=C(C)C1C(=O)O. The van der Waals surface area contributed by atoms with Crippen molar-refractivity contribution in [1.82, 2.24) is 0 Å². The number of nitrogens with zero attached hydrogens (tertiary/aromatic N) is 1. The summed E-state index contributed by atoms with van der Waals surface area (Å²) >= 11 is 0. The fraction of sp³-hybridized carbons (Fsp3) is 0.353. The highest BCUT2D eigenvalue weighted by atomic mass is 16.7. The average molecular weight is 333 g/mol. The highest BCUT2D eigenvalue weighted by Crippen LogP contribution is 2.42. The van der Waals surface area contributed by atoms with Gasteiger partial charge in [0.1, 0.15) is 11.7 Å². The third kappa shape index (κ3) is 3.30. The normalized spacial score (nSPS) is 20.5. The maximum atomic E-state index is 11.8. The lowest BCUT2D eigenvalue weighted by Crippen LogP contribution is -2.35. The summed E-state index contributed by atoms with van der Waals surface area (Å²) in [6.45, 7) is 3.13. The van der Waals surface area contributed by atoms with E-state index in [2.05, 4.69) is 4.99 Å². The van der Waals surface area contributed by atoms with Crippen molar-refractivity contribution >= 4 is 17.7 Å². The Morgan fingerprint density at radius 2 is 1.88 bits per heavy atom. The summed E-state index contributed by atoms with van der Waals surface area (Å²) in [6.07, 6.45) is 0. The number of methoxy groups -OCH3 is 1. The zero-order valence-corrected chi connectivity index (χ0v) is 13.6. The minimum atomic E-state index is -1.19. The average Bonchev–Trinajstić information content (AvgIpc) is 2.51. The van der Waals surface area contributed by atoms with Crippen LogP contribution in [0.25, 0.3) is 0 Å². The van der Waals surface area contributed by atoms with Gasteiger partial charge in [0, 0.05) is 30.0 Å². The van der Waals surface area contributed by atoms with E-state index in [9.17, 15) is 19.8 Å². The Morgan fingerprint density at radius 3 is 2.46 bits per heavy atom. The first-order chi connectivity index (χ1) is 11.4. The molecule has 1 aliphatic rings. The number of benzene rings is 1. The zero-order chi connectivity index (χ0) is 17.9. The molecule has 0 amide bonds. The lowest BCUT2D eigenvalue weighted by atomic mass is 9.75. The van der Waals surface area contributed by atoms with Crippen LogP contribution >= 0.6 is 0 Å². The number of para-hydroxylation sites is 1. The van der Waals surface area contributed by atoms with Gasteiger partial charge >= 0.3 is 11.9 Å². The van der Waals surface area contributed by atoms with Crippen LogP contribution in [0.5, 0.6) is 5.75 Å². The van der Waals surface area contributed by atoms with Crippen molar-refractivity contribution in [2.75, 3.05) is 13.9 Å². The third-order valence-electron chi connectivity index (χ3n) is 3.91. The van der Waals surface area contributed by atoms with Gasteiger partial charge in [-0.2, -0.15) is 0 Å². The van der Waals surface area contributed by atoms with Crippen molar-refractivity contribution < 1.29 is 29.3 Å². The first-order valence-corrected chi connectivity index (χ1v) is 7.31. The van der Waals surface area contributed by atoms with E-state index in [4.69, 9.17) is 9.47 Å². The molecular weight excluding hydrogens is 314 g/mol. The van der Waals surface area contributed by atoms with Crippen LogP contribution in [0.3, 0.4) is 0 Å². The summed E-state index contributed by atoms with van der Waals surface area (Å²) in [5, 5.41) is 19.2. The second-order valence-corrected chi connectivity index (χ2v) is 5.44. The number of aliphatic carboxylic acids is 2. The molecule has 2 N–H and O–H groups in total. The lowest BCUT2D eigenvalue weighted by molar-refractivity contribution is -0.140. The molecule has 1 aromatic carbocycles. The maximum Gasteiger partial charge on any atom is 0.334 e. The second kappa shape index (κ2) is 7.27. The van der Waals surface area contributed by atoms with Gasteiger partial charge in [0.05, 0.1) is 5.57 Å². The standard InChI is InChI=1S/C17H19NO6/c1-9-13(16(19)20)15(14(17(21)22)10(2)18-9)11-6-4-5-7-12(11)24-8-23-3/h4-7,13,15H,8H2,1-3H3,(H,19,20)(H,21,22). The van der Waals surface area contributed by atoms with E-state index in [-0.39, 0.29) is 12.4 Å². The van der Waals surface area contributed by atoms with E-state index in [0.717, 1.165) is 0 Å². The number of allylic oxidation sites excluding steroid dienone is 1. The molecule has 1 aromatic rings. The van der Waals surface area contributed by atoms with Gasteiger partial charge in [0.2, 0.25) is 0 Å². The molecule has 0 radical (unpaired) electrons. The molecule has 0 saturated carbocycles. The Bertz CT molecular complexity index is 722. The Morgan fingerprint density at radius 1 is 1.21 bits per heavy atom. The molecule has 2 unspecified atom stereocenters. The second-order valence-electron chi connectivity index (χ2n) is 5.44. The predicted octanol–water partition coefficient (Wildman–Crippen LogP) is 2.29. The van der Waals surface area contributed by atoms with Gasteiger partial charge < -0.3 is 19.7 Å². The van der Waals surface area contributed by atoms with E-state index in [1.165, 1.54) is 7.11 Å². The number of rotatable bonds is 6. The summed E-state index contributed by atoms with van der Waals surface area (Å²) in [4.78, 5) is 27.7. The van der Waals surface area contributed by atoms with E-state index >= 15 is 0 Å². The highest BCUT2D eigenvalue weighted by Gasteiger charge is 2.42. The maximum absolute atomic E-state index is 11.8. The first kappa shape index (κ1) is 17.7. The van der Waals surface area contributed by atoms with Crippen molar-refractivity contribution in [2.45, 2.75) is 19.8 Å². The van der Waals surface area contributed by atoms with Crippen molar-refractivity contribution in [3.63, 3.8) is 0 Å². The largest absolute Gasteiger partial charge is 0.481 e. The molecule has 1 aliphatic heterocycles. The van der Waals surface area contributed by atoms with Gasteiger partial charge in [0.25, 0.3) is 0 Å². The molecule has 0 spiro atoms. The zero-order valence-electron chi connectivity index (χ0n) is 13.6. The molecule has 2 atom stereocenters. The summed E-state index contributed by atoms with van der Waals surface area (Å²) in [7, 11) is 1.47. The molecule has 24 heavy (non-hydrogen) atoms. The van der Waals surface area contributed by atoms with Crippen LogP contribution in [0, 0.1) is 5.92 Å². The number of carboxylic acid groups (broad SMARTS) is 2. The molecule has 0 aromatic heterocycles. The summed E-state index contributed by atoms with van der Waals surface area (Å²) in [6, 6.07) is 6.76. The number of ether oxygens (including phenoxy) is 2. The number of carboxylic acids is 2. The van der Waals surface area contributed by atoms with E-state index < -0.39 is 23.8 Å². The van der Waals surface area contributed by atoms with Gasteiger partial charge in [-0.1, -0.05) is 18.2 Å². The van der Waals surface area contributed by atoms with Crippen LogP contribution in [0.2, 0.25) is 0 Å². The number of hydrogen-bond acceptors (Lipinski definition) is 5. The Balaban J connectivity index is 2.65. The van der Waals surface area contributed by atoms with Crippen LogP contribution in [0.1, 0.15) is 25.3 Å². The molecule has 1 heterocycles. The molecule has 0 fully saturated rings. The molecule has 7 heteroatoms. The summed E-state index contributed by atoms with van der Waals surface area (Å²) < 4.78 is 10.4. The Hall–Kier alpha value is -2.67. The molecule has 0 aliphatic carbocycles. The number of aliphatic imine (C=N–C) groups is 1. The van der Waals surface area contributed by atoms with Crippen molar-refractivity contribution in [2.24, 2.45) is 10.9 Å². The first-order valence-electron chi connectivity index (χ1n) is 7.31. The quantitative estimate of drug-likeness (QED) is 0.774. The summed E-state index contributed by atoms with van der Waals surface area (Å²) in [5.74, 6) is -3.91. The Labute approximate surface area is 139 Å². The minimum absolute atomic E-state index is 0.0281. The molecule has 0 bridgehead atoms. The molecule has 128 valence electrons. The van der Waals surface area contributed by atoms with Crippen LogP contribution in [-0.2, 0) is 14.3 Å². The predicted molar refractivity (Wildman–Crippen MR) is 86.3 cm³/mol. The number of carbonyl (C=O) groups is 2. The van der Waals surface area contributed by atoms with Crippen LogP contribution in [0.15, 0.2) is 40.5 Å². The third-order valence-corrected chi connectivity index (χ3v) is 3.91. The lowest BCUT2D eigenvalue weighted by Gasteiger charge is -2.30. The number of hydrogen-bond donors (Lipinski definition) is 2. The van der Waals surface area contributed by atoms with Crippen molar-refractivity contribution in [3.05, 3.63) is 41.1 Å². The highest BCUT2D eigenvalue weighted by molar-refractivity contribution is 6.06. The van der Waals surface area contributed by atoms with E-state index in [1.807, 2.05) is 0 Å². The minimum Gasteiger partial charge on any atom is -0.481 e. The van der Waals surface area contributed by atoms with Gasteiger partial charge in [-0.05, 0) is 19.9 Å². The van der Waals surface area contributed by atoms with Gasteiger partial charge in [-0.25, -0.2) is 4.79 Å². The molecule has 2 rings (SSSR count). The van der Waals surface area contributed by atoms with Gasteiger partial charge in [0.15, 0.2) is 6.79 Å². The monoisotopic (exact) mass is 333 g/mol. The molecular formula is C17H19NO6. The van der Waals surface area contributed by atoms with E-state index in [1.54, 1.807) is 38.1 Å². The van der Waals surface area contributed by atoms with Crippen LogP contribution in [0.4, 0.5) is 0 Å². The van der Waals surface area contributed by atoms with E-state index in [0.29, 0.717) is 22.7 Å². The molecule has 0 saturated heterocycles. The summed E-state index contributed by atoms with van der Waals surface area (Å²) in [5.41, 5.74) is 1.09. The fourth-order valence-electron chi connectivity index (χ4n) is 2.96. The smallest absolute Gasteiger partial charge is 0.334 e. The van der Waals surface area contributed by atoms with Gasteiger partial charge in [-0.3, -0.25) is 9.79 Å². The van der Waals surface area contributed by atoms with Crippen LogP contribution in [-0.4, -0.2) is 41.8 Å². The topological polar surface area (TPSA) is 105 Å². The van der Waals surface area contributed by atoms with Crippen molar-refractivity contribution in [1.29, 1.82) is 0 Å². The van der Waals surface area contributed by atoms with Crippen molar-refractivity contribution in [3.8, 4) is 5.75 Å². The molecule has 7 nitrogen and oxygen atoms in total.